The number of allylic oxidation sites excluding steroid dienone is 1. The van der Waals surface area contributed by atoms with Crippen LogP contribution >= 0.6 is 0 Å². The number of ether oxygens (including phenoxy) is 1. The molecule has 0 unspecified atom stereocenters. The first kappa shape index (κ1) is 26.3. The van der Waals surface area contributed by atoms with Gasteiger partial charge in [0.15, 0.2) is 0 Å². The highest BCUT2D eigenvalue weighted by Gasteiger charge is 2.31. The number of benzene rings is 2. The lowest BCUT2D eigenvalue weighted by Crippen LogP contribution is -2.17. The zero-order valence-corrected chi connectivity index (χ0v) is 20.0. The highest BCUT2D eigenvalue weighted by Crippen LogP contribution is 2.40. The summed E-state index contributed by atoms with van der Waals surface area (Å²) in [5.74, 6) is -0.471. The molecule has 5 nitrogen and oxygen atoms in total. The molecule has 0 atom stereocenters. The molecule has 0 aromatic heterocycles. The number of halogens is 3. The number of rotatable bonds is 4. The van der Waals surface area contributed by atoms with E-state index in [0.717, 1.165) is 24.3 Å². The van der Waals surface area contributed by atoms with Gasteiger partial charge < -0.3 is 9.84 Å². The Hall–Kier alpha value is -2.99. The highest BCUT2D eigenvalue weighted by molar-refractivity contribution is 7.95. The highest BCUT2D eigenvalue weighted by atomic mass is 32.2. The Morgan fingerprint density at radius 1 is 0.970 bits per heavy atom. The van der Waals surface area contributed by atoms with E-state index in [4.69, 9.17) is 0 Å². The first-order valence-electron chi connectivity index (χ1n) is 9.97. The molecule has 0 bridgehead atoms. The van der Waals surface area contributed by atoms with Crippen LogP contribution < -0.4 is 4.74 Å². The number of nitrogens with zero attached hydrogens (tertiary/aromatic N) is 1. The van der Waals surface area contributed by atoms with Crippen molar-refractivity contribution in [3.8, 4) is 17.6 Å². The monoisotopic (exact) mass is 481 g/mol. The number of hydrogen-bond donors (Lipinski definition) is 1. The molecular weight excluding hydrogens is 455 g/mol. The van der Waals surface area contributed by atoms with Crippen LogP contribution in [0.2, 0.25) is 0 Å². The number of phenols is 1. The molecule has 0 radical (unpaired) electrons. The number of nitriles is 1. The molecule has 0 saturated heterocycles. The van der Waals surface area contributed by atoms with Gasteiger partial charge in [-0.3, -0.25) is 0 Å². The molecule has 0 aliphatic carbocycles. The first-order valence-corrected chi connectivity index (χ1v) is 11.5. The molecule has 0 saturated carbocycles. The Morgan fingerprint density at radius 3 is 1.79 bits per heavy atom. The van der Waals surface area contributed by atoms with Crippen LogP contribution in [0.1, 0.15) is 58.2 Å². The summed E-state index contributed by atoms with van der Waals surface area (Å²) in [5.41, 5.74) is 0.649. The molecule has 0 spiro atoms. The molecular formula is C24H26F3NO4S. The van der Waals surface area contributed by atoms with E-state index in [0.29, 0.717) is 16.7 Å². The average molecular weight is 482 g/mol. The van der Waals surface area contributed by atoms with Crippen LogP contribution in [0.5, 0.6) is 11.5 Å². The van der Waals surface area contributed by atoms with E-state index in [1.165, 1.54) is 6.08 Å². The third-order valence-electron chi connectivity index (χ3n) is 4.81. The number of alkyl halides is 3. The maximum atomic E-state index is 13.0. The fourth-order valence-corrected chi connectivity index (χ4v) is 4.31. The minimum Gasteiger partial charge on any atom is -0.507 e. The predicted octanol–water partition coefficient (Wildman–Crippen LogP) is 6.22. The van der Waals surface area contributed by atoms with E-state index in [1.54, 1.807) is 18.2 Å². The standard InChI is InChI=1S/C24H26F3NO4S/c1-22(2,3)19-12-15(13-20(21(19)29)23(4,5)6)11-18(14-28)33(30,31)17-9-7-16(8-10-17)32-24(25,26)27/h7-13,29H,1-6H3/b18-11-. The molecule has 0 aliphatic rings. The van der Waals surface area contributed by atoms with Gasteiger partial charge in [0.25, 0.3) is 0 Å². The molecule has 1 N–H and O–H groups in total. The van der Waals surface area contributed by atoms with Gasteiger partial charge in [0.2, 0.25) is 9.84 Å². The molecule has 0 aliphatic heterocycles. The Bertz CT molecular complexity index is 1170. The van der Waals surface area contributed by atoms with Gasteiger partial charge in [-0.05, 0) is 58.9 Å². The number of phenolic OH excluding ortho intramolecular Hbond substituents is 1. The summed E-state index contributed by atoms with van der Waals surface area (Å²) in [6.07, 6.45) is -3.72. The normalized spacial score (nSPS) is 13.5. The van der Waals surface area contributed by atoms with Gasteiger partial charge in [-0.25, -0.2) is 8.42 Å². The molecule has 9 heteroatoms. The van der Waals surface area contributed by atoms with E-state index in [1.807, 2.05) is 41.5 Å². The van der Waals surface area contributed by atoms with Gasteiger partial charge in [-0.2, -0.15) is 5.26 Å². The van der Waals surface area contributed by atoms with Crippen LogP contribution in [0.4, 0.5) is 13.2 Å². The van der Waals surface area contributed by atoms with Crippen molar-refractivity contribution in [2.24, 2.45) is 0 Å². The topological polar surface area (TPSA) is 87.4 Å². The van der Waals surface area contributed by atoms with Gasteiger partial charge in [-0.1, -0.05) is 41.5 Å². The van der Waals surface area contributed by atoms with E-state index in [9.17, 15) is 32.0 Å². The number of sulfone groups is 1. The van der Waals surface area contributed by atoms with Gasteiger partial charge in [-0.15, -0.1) is 13.2 Å². The van der Waals surface area contributed by atoms with Crippen LogP contribution in [-0.2, 0) is 20.7 Å². The summed E-state index contributed by atoms with van der Waals surface area (Å²) in [4.78, 5) is -0.937. The minimum absolute atomic E-state index is 0.105. The Morgan fingerprint density at radius 2 is 1.42 bits per heavy atom. The van der Waals surface area contributed by atoms with Crippen LogP contribution in [0.25, 0.3) is 6.08 Å². The quantitative estimate of drug-likeness (QED) is 0.524. The zero-order chi connectivity index (χ0) is 25.4. The molecule has 33 heavy (non-hydrogen) atoms. The average Bonchev–Trinajstić information content (AvgIpc) is 2.64. The lowest BCUT2D eigenvalue weighted by molar-refractivity contribution is -0.274. The molecule has 2 aromatic rings. The molecule has 178 valence electrons. The van der Waals surface area contributed by atoms with Crippen molar-refractivity contribution in [1.29, 1.82) is 5.26 Å². The Kier molecular flexibility index (Phi) is 6.96. The SMILES string of the molecule is CC(C)(C)c1cc(/C=C(/C#N)S(=O)(=O)c2ccc(OC(F)(F)F)cc2)cc(C(C)(C)C)c1O. The van der Waals surface area contributed by atoms with Crippen LogP contribution in [-0.4, -0.2) is 19.9 Å². The third kappa shape index (κ3) is 6.29. The minimum atomic E-state index is -4.91. The Balaban J connectivity index is 2.62. The maximum Gasteiger partial charge on any atom is 0.573 e. The van der Waals surface area contributed by atoms with Crippen molar-refractivity contribution >= 4 is 15.9 Å². The lowest BCUT2D eigenvalue weighted by atomic mass is 9.78. The van der Waals surface area contributed by atoms with Crippen molar-refractivity contribution in [2.45, 2.75) is 63.6 Å². The summed E-state index contributed by atoms with van der Waals surface area (Å²) in [6.45, 7) is 11.4. The largest absolute Gasteiger partial charge is 0.573 e. The van der Waals surface area contributed by atoms with E-state index >= 15 is 0 Å². The first-order chi connectivity index (χ1) is 14.9. The number of hydrogen-bond acceptors (Lipinski definition) is 5. The van der Waals surface area contributed by atoms with Crippen molar-refractivity contribution < 1.29 is 31.4 Å². The molecule has 2 rings (SSSR count). The second-order valence-electron chi connectivity index (χ2n) is 9.61. The van der Waals surface area contributed by atoms with Crippen molar-refractivity contribution in [2.75, 3.05) is 0 Å². The molecule has 0 heterocycles. The number of aromatic hydroxyl groups is 1. The molecule has 0 fully saturated rings. The van der Waals surface area contributed by atoms with E-state index in [2.05, 4.69) is 4.74 Å². The second-order valence-corrected chi connectivity index (χ2v) is 11.5. The summed E-state index contributed by atoms with van der Waals surface area (Å²) < 4.78 is 66.8. The van der Waals surface area contributed by atoms with Gasteiger partial charge in [0.05, 0.1) is 4.90 Å². The molecule has 0 amide bonds. The smallest absolute Gasteiger partial charge is 0.507 e. The summed E-state index contributed by atoms with van der Waals surface area (Å²) in [6, 6.07) is 8.54. The predicted molar refractivity (Wildman–Crippen MR) is 119 cm³/mol. The van der Waals surface area contributed by atoms with Crippen molar-refractivity contribution in [3.63, 3.8) is 0 Å². The van der Waals surface area contributed by atoms with Gasteiger partial charge in [0, 0.05) is 11.1 Å². The molecule has 2 aromatic carbocycles. The van der Waals surface area contributed by atoms with Gasteiger partial charge in [0.1, 0.15) is 22.5 Å². The van der Waals surface area contributed by atoms with E-state index in [-0.39, 0.29) is 10.6 Å². The Labute approximate surface area is 192 Å². The zero-order valence-electron chi connectivity index (χ0n) is 19.2. The summed E-state index contributed by atoms with van der Waals surface area (Å²) in [5, 5.41) is 20.4. The summed E-state index contributed by atoms with van der Waals surface area (Å²) >= 11 is 0. The third-order valence-corrected chi connectivity index (χ3v) is 6.49. The van der Waals surface area contributed by atoms with Gasteiger partial charge >= 0.3 is 6.36 Å². The maximum absolute atomic E-state index is 13.0. The lowest BCUT2D eigenvalue weighted by Gasteiger charge is -2.28. The van der Waals surface area contributed by atoms with E-state index < -0.39 is 37.7 Å². The van der Waals surface area contributed by atoms with Crippen LogP contribution in [0, 0.1) is 11.3 Å². The van der Waals surface area contributed by atoms with Crippen LogP contribution in [0.15, 0.2) is 46.2 Å². The summed E-state index contributed by atoms with van der Waals surface area (Å²) in [7, 11) is -4.32. The van der Waals surface area contributed by atoms with Crippen molar-refractivity contribution in [3.05, 3.63) is 58.0 Å². The second kappa shape index (κ2) is 8.75. The fraction of sp³-hybridized carbons (Fsp3) is 0.375. The van der Waals surface area contributed by atoms with Crippen molar-refractivity contribution in [1.82, 2.24) is 0 Å². The fourth-order valence-electron chi connectivity index (χ4n) is 3.15. The van der Waals surface area contributed by atoms with Crippen LogP contribution in [0.3, 0.4) is 0 Å².